The van der Waals surface area contributed by atoms with Gasteiger partial charge in [0.15, 0.2) is 0 Å². The molecule has 4 heterocycles. The summed E-state index contributed by atoms with van der Waals surface area (Å²) in [6, 6.07) is 15.2. The fraction of sp³-hybridized carbons (Fsp3) is 0.333. The van der Waals surface area contributed by atoms with E-state index in [9.17, 15) is 13.9 Å². The molecule has 0 fully saturated rings. The van der Waals surface area contributed by atoms with Gasteiger partial charge >= 0.3 is 0 Å². The second-order valence-electron chi connectivity index (χ2n) is 11.5. The summed E-state index contributed by atoms with van der Waals surface area (Å²) in [4.78, 5) is 18.1. The van der Waals surface area contributed by atoms with E-state index in [4.69, 9.17) is 4.74 Å². The molecule has 2 aromatic carbocycles. The molecule has 46 heavy (non-hydrogen) atoms. The lowest BCUT2D eigenvalue weighted by Gasteiger charge is -2.41. The first-order valence-corrected chi connectivity index (χ1v) is 16.8. The molecule has 0 bridgehead atoms. The molecular weight excluding hydrogens is 604 g/mol. The molecule has 0 aliphatic carbocycles. The van der Waals surface area contributed by atoms with E-state index in [0.717, 1.165) is 38.9 Å². The Morgan fingerprint density at radius 3 is 2.72 bits per heavy atom. The first-order chi connectivity index (χ1) is 22.2. The Kier molecular flexibility index (Phi) is 9.00. The zero-order valence-electron chi connectivity index (χ0n) is 26.3. The van der Waals surface area contributed by atoms with E-state index in [1.165, 1.54) is 12.4 Å². The molecule has 3 aromatic heterocycles. The van der Waals surface area contributed by atoms with E-state index >= 15 is 0 Å². The van der Waals surface area contributed by atoms with Gasteiger partial charge in [0.1, 0.15) is 16.5 Å². The number of carbonyl (C=O) groups is 1. The molecule has 0 saturated carbocycles. The maximum Gasteiger partial charge on any atom is 0.239 e. The Labute approximate surface area is 269 Å². The first-order valence-electron chi connectivity index (χ1n) is 15.3. The van der Waals surface area contributed by atoms with Crippen molar-refractivity contribution in [1.82, 2.24) is 34.5 Å². The van der Waals surface area contributed by atoms with E-state index in [0.29, 0.717) is 25.2 Å². The van der Waals surface area contributed by atoms with Crippen LogP contribution in [0.2, 0.25) is 0 Å². The number of anilines is 1. The van der Waals surface area contributed by atoms with Gasteiger partial charge in [-0.05, 0) is 79.3 Å². The zero-order valence-corrected chi connectivity index (χ0v) is 27.1. The monoisotopic (exact) mass is 642 g/mol. The van der Waals surface area contributed by atoms with Crippen molar-refractivity contribution in [3.63, 3.8) is 0 Å². The quantitative estimate of drug-likeness (QED) is 0.172. The number of hydrogen-bond acceptors (Lipinski definition) is 10. The molecule has 0 radical (unpaired) electrons. The summed E-state index contributed by atoms with van der Waals surface area (Å²) in [6.45, 7) is 9.32. The maximum absolute atomic E-state index is 13.5. The number of ether oxygens (including phenoxy) is 1. The van der Waals surface area contributed by atoms with Crippen LogP contribution in [0.5, 0.6) is 5.88 Å². The van der Waals surface area contributed by atoms with Crippen LogP contribution >= 0.6 is 10.8 Å². The van der Waals surface area contributed by atoms with Crippen LogP contribution in [0.3, 0.4) is 0 Å². The van der Waals surface area contributed by atoms with Crippen molar-refractivity contribution in [2.75, 3.05) is 11.9 Å². The van der Waals surface area contributed by atoms with Gasteiger partial charge < -0.3 is 10.1 Å². The number of aromatic nitrogens is 6. The van der Waals surface area contributed by atoms with Crippen molar-refractivity contribution < 1.29 is 18.6 Å². The highest BCUT2D eigenvalue weighted by Gasteiger charge is 2.36. The summed E-state index contributed by atoms with van der Waals surface area (Å²) >= 11 is 0. The van der Waals surface area contributed by atoms with E-state index in [-0.39, 0.29) is 41.7 Å². The third-order valence-corrected chi connectivity index (χ3v) is 10.5. The molecule has 0 saturated heterocycles. The molecule has 1 aliphatic heterocycles. The van der Waals surface area contributed by atoms with Gasteiger partial charge in [-0.2, -0.15) is 14.5 Å². The summed E-state index contributed by atoms with van der Waals surface area (Å²) in [5, 5.41) is 19.4. The van der Waals surface area contributed by atoms with Gasteiger partial charge in [-0.15, -0.1) is 15.9 Å². The zero-order chi connectivity index (χ0) is 32.4. The number of benzene rings is 2. The van der Waals surface area contributed by atoms with Crippen molar-refractivity contribution in [3.8, 4) is 5.88 Å². The van der Waals surface area contributed by atoms with Crippen molar-refractivity contribution in [2.45, 2.75) is 70.5 Å². The highest BCUT2D eigenvalue weighted by Crippen LogP contribution is 2.57. The average Bonchev–Trinajstić information content (AvgIpc) is 3.45. The highest BCUT2D eigenvalue weighted by atomic mass is 32.3. The Morgan fingerprint density at radius 1 is 1.11 bits per heavy atom. The summed E-state index contributed by atoms with van der Waals surface area (Å²) in [5.74, 6) is -0.249. The minimum Gasteiger partial charge on any atom is -0.472 e. The second kappa shape index (κ2) is 13.1. The maximum atomic E-state index is 13.5. The predicted octanol–water partition coefficient (Wildman–Crippen LogP) is 6.11. The molecule has 5 aromatic rings. The van der Waals surface area contributed by atoms with Crippen LogP contribution in [-0.2, 0) is 17.9 Å². The van der Waals surface area contributed by atoms with Crippen LogP contribution < -0.4 is 10.1 Å². The van der Waals surface area contributed by atoms with Crippen LogP contribution in [0, 0.1) is 13.8 Å². The molecule has 12 nitrogen and oxygen atoms in total. The molecule has 1 aliphatic rings. The molecule has 0 spiro atoms. The number of fused-ring (bicyclic) bond motifs is 2. The van der Waals surface area contributed by atoms with Crippen LogP contribution in [0.25, 0.3) is 11.0 Å². The Morgan fingerprint density at radius 2 is 1.96 bits per heavy atom. The van der Waals surface area contributed by atoms with Crippen LogP contribution in [0.15, 0.2) is 72.0 Å². The van der Waals surface area contributed by atoms with Crippen molar-refractivity contribution in [1.29, 1.82) is 0 Å². The normalized spacial score (nSPS) is 17.5. The van der Waals surface area contributed by atoms with Gasteiger partial charge in [-0.3, -0.25) is 13.9 Å². The van der Waals surface area contributed by atoms with E-state index < -0.39 is 10.8 Å². The van der Waals surface area contributed by atoms with Gasteiger partial charge in [-0.25, -0.2) is 9.67 Å². The van der Waals surface area contributed by atoms with E-state index in [1.807, 2.05) is 50.6 Å². The van der Waals surface area contributed by atoms with E-state index in [1.54, 1.807) is 28.7 Å². The Bertz CT molecular complexity index is 1870. The Balaban J connectivity index is 1.39. The lowest BCUT2D eigenvalue weighted by Crippen LogP contribution is -2.34. The largest absolute Gasteiger partial charge is 0.472 e. The number of rotatable bonds is 9. The number of amides is 1. The first kappa shape index (κ1) is 31.5. The van der Waals surface area contributed by atoms with E-state index in [2.05, 4.69) is 42.9 Å². The number of carbonyl (C=O) groups excluding carboxylic acids is 1. The van der Waals surface area contributed by atoms with Gasteiger partial charge in [-0.1, -0.05) is 36.4 Å². The summed E-state index contributed by atoms with van der Waals surface area (Å²) in [6.07, 6.45) is 5.20. The van der Waals surface area contributed by atoms with Crippen molar-refractivity contribution >= 4 is 33.4 Å². The molecule has 240 valence electrons. The molecule has 3 N–H and O–H groups in total. The number of nitrogens with zero attached hydrogens (tertiary/aromatic N) is 7. The van der Waals surface area contributed by atoms with Gasteiger partial charge in [0.2, 0.25) is 11.8 Å². The predicted molar refractivity (Wildman–Crippen MR) is 177 cm³/mol. The van der Waals surface area contributed by atoms with Crippen LogP contribution in [0.4, 0.5) is 5.69 Å². The minimum atomic E-state index is -3.39. The van der Waals surface area contributed by atoms with Crippen LogP contribution in [0.1, 0.15) is 60.4 Å². The minimum absolute atomic E-state index is 0.156. The highest BCUT2D eigenvalue weighted by molar-refractivity contribution is 8.22. The third-order valence-electron chi connectivity index (χ3n) is 8.57. The Hall–Kier alpha value is -4.43. The summed E-state index contributed by atoms with van der Waals surface area (Å²) in [5.41, 5.74) is 7.05. The van der Waals surface area contributed by atoms with Gasteiger partial charge in [0, 0.05) is 31.6 Å². The summed E-state index contributed by atoms with van der Waals surface area (Å²) < 4.78 is 32.8. The van der Waals surface area contributed by atoms with Crippen molar-refractivity contribution in [2.24, 2.45) is 0 Å². The molecular formula is C33H38N8O4S. The lowest BCUT2D eigenvalue weighted by molar-refractivity contribution is -0.116. The number of nitrogens with one attached hydrogen (secondary N) is 1. The van der Waals surface area contributed by atoms with Gasteiger partial charge in [0.05, 0.1) is 30.1 Å². The standard InChI is InChI=1S/C33H38N8O4S/c1-5-26-20-40(46(43,44)30-8-7-14-34-33(30)45-26)19-24-16-23(10-9-21(24)3)28(17-31(42)37-25-13-15-35-36-18-25)27-11-12-29-32(22(27)4)38-39-41(29)6-2/h7-16,18,26,28,43-44H,5-6,17,19-20H2,1-4H3,(H,35,37,42)/t26-,28+/m1/s1. The SMILES string of the molecule is CC[C@@H]1CN(Cc2cc([C@H](CC(=O)Nc3ccnnc3)c3ccc4c(nnn4CC)c3C)ccc2C)S(O)(O)c2cccnc2O1. The third kappa shape index (κ3) is 6.18. The molecule has 1 amide bonds. The van der Waals surface area contributed by atoms with Crippen molar-refractivity contribution in [3.05, 3.63) is 94.9 Å². The van der Waals surface area contributed by atoms with Gasteiger partial charge in [0.25, 0.3) is 0 Å². The smallest absolute Gasteiger partial charge is 0.239 e. The molecule has 0 unspecified atom stereocenters. The lowest BCUT2D eigenvalue weighted by atomic mass is 9.84. The number of pyridine rings is 1. The number of hydrogen-bond donors (Lipinski definition) is 3. The topological polar surface area (TPSA) is 151 Å². The second-order valence-corrected chi connectivity index (χ2v) is 13.5. The average molecular weight is 643 g/mol. The summed E-state index contributed by atoms with van der Waals surface area (Å²) in [7, 11) is -3.39. The van der Waals surface area contributed by atoms with Crippen LogP contribution in [-0.4, -0.2) is 62.1 Å². The fourth-order valence-electron chi connectivity index (χ4n) is 5.94. The molecule has 13 heteroatoms. The molecule has 6 rings (SSSR count). The fourth-order valence-corrected chi connectivity index (χ4v) is 7.50. The number of aryl methyl sites for hydroxylation is 3. The molecule has 2 atom stereocenters.